The number of carbonyl (C=O) groups is 1. The van der Waals surface area contributed by atoms with Crippen molar-refractivity contribution in [3.05, 3.63) is 29.8 Å². The van der Waals surface area contributed by atoms with Crippen molar-refractivity contribution in [2.45, 2.75) is 38.9 Å². The van der Waals surface area contributed by atoms with Crippen LogP contribution in [0, 0.1) is 0 Å². The van der Waals surface area contributed by atoms with Gasteiger partial charge in [-0.15, -0.1) is 0 Å². The van der Waals surface area contributed by atoms with Crippen LogP contribution in [-0.4, -0.2) is 32.5 Å². The van der Waals surface area contributed by atoms with Gasteiger partial charge in [-0.05, 0) is 39.8 Å². The maximum atomic E-state index is 10.3. The van der Waals surface area contributed by atoms with Gasteiger partial charge in [0.1, 0.15) is 0 Å². The summed E-state index contributed by atoms with van der Waals surface area (Å²) >= 11 is 0. The average Bonchev–Trinajstić information content (AvgIpc) is 2.15. The number of aliphatic hydroxyl groups is 2. The molecule has 0 fully saturated rings. The number of para-hydroxylation sites is 1. The molecule has 0 heterocycles. The highest BCUT2D eigenvalue weighted by Gasteiger charge is 2.31. The van der Waals surface area contributed by atoms with E-state index in [-0.39, 0.29) is 5.56 Å². The molecule has 1 aromatic carbocycles. The number of carboxylic acids is 1. The molecule has 0 aliphatic rings. The minimum Gasteiger partial charge on any atom is -0.478 e. The summed E-state index contributed by atoms with van der Waals surface area (Å²) in [6.45, 7) is 6.31. The lowest BCUT2D eigenvalue weighted by molar-refractivity contribution is -0.107. The first-order valence-corrected chi connectivity index (χ1v) is 5.49. The molecule has 5 nitrogen and oxygen atoms in total. The molecular weight excluding hydrogens is 234 g/mol. The third kappa shape index (κ3) is 5.16. The van der Waals surface area contributed by atoms with Crippen molar-refractivity contribution in [2.24, 2.45) is 0 Å². The van der Waals surface area contributed by atoms with Crippen LogP contribution in [0.25, 0.3) is 0 Å². The van der Waals surface area contributed by atoms with Crippen LogP contribution < -0.4 is 5.73 Å². The predicted molar refractivity (Wildman–Crippen MR) is 70.4 cm³/mol. The SMILES string of the molecule is CC(C)(O)C(C)(C)O.Nc1ccccc1C(=O)O. The first-order chi connectivity index (χ1) is 7.97. The van der Waals surface area contributed by atoms with E-state index in [1.807, 2.05) is 0 Å². The Morgan fingerprint density at radius 2 is 1.44 bits per heavy atom. The first-order valence-electron chi connectivity index (χ1n) is 5.49. The number of carboxylic acid groups (broad SMARTS) is 1. The number of hydrogen-bond acceptors (Lipinski definition) is 4. The number of hydrogen-bond donors (Lipinski definition) is 4. The van der Waals surface area contributed by atoms with Crippen LogP contribution in [0.4, 0.5) is 5.69 Å². The van der Waals surface area contributed by atoms with E-state index >= 15 is 0 Å². The normalized spacial score (nSPS) is 11.4. The van der Waals surface area contributed by atoms with Crippen LogP contribution >= 0.6 is 0 Å². The van der Waals surface area contributed by atoms with Crippen molar-refractivity contribution < 1.29 is 20.1 Å². The van der Waals surface area contributed by atoms with E-state index in [9.17, 15) is 4.79 Å². The minimum absolute atomic E-state index is 0.155. The fraction of sp³-hybridized carbons (Fsp3) is 0.462. The topological polar surface area (TPSA) is 104 Å². The Labute approximate surface area is 107 Å². The fourth-order valence-corrected chi connectivity index (χ4v) is 0.692. The quantitative estimate of drug-likeness (QED) is 0.599. The Morgan fingerprint density at radius 1 is 1.06 bits per heavy atom. The molecule has 0 radical (unpaired) electrons. The second-order valence-corrected chi connectivity index (χ2v) is 5.01. The summed E-state index contributed by atoms with van der Waals surface area (Å²) < 4.78 is 0. The third-order valence-corrected chi connectivity index (χ3v) is 2.69. The second kappa shape index (κ2) is 5.84. The van der Waals surface area contributed by atoms with Gasteiger partial charge in [0.25, 0.3) is 0 Å². The van der Waals surface area contributed by atoms with Crippen LogP contribution in [-0.2, 0) is 0 Å². The Bertz CT molecular complexity index is 390. The summed E-state index contributed by atoms with van der Waals surface area (Å²) in [7, 11) is 0. The third-order valence-electron chi connectivity index (χ3n) is 2.69. The minimum atomic E-state index is -1.01. The van der Waals surface area contributed by atoms with Gasteiger partial charge in [0.15, 0.2) is 0 Å². The summed E-state index contributed by atoms with van der Waals surface area (Å²) in [4.78, 5) is 10.3. The van der Waals surface area contributed by atoms with Crippen LogP contribution in [0.15, 0.2) is 24.3 Å². The molecule has 0 amide bonds. The zero-order valence-electron chi connectivity index (χ0n) is 11.1. The van der Waals surface area contributed by atoms with Crippen molar-refractivity contribution in [3.8, 4) is 0 Å². The standard InChI is InChI=1S/C7H7NO2.C6H14O2/c8-6-4-2-1-3-5(6)7(9)10;1-5(2,7)6(3,4)8/h1-4H,8H2,(H,9,10);7-8H,1-4H3. The van der Waals surface area contributed by atoms with Crippen LogP contribution in [0.2, 0.25) is 0 Å². The van der Waals surface area contributed by atoms with Gasteiger partial charge >= 0.3 is 5.97 Å². The summed E-state index contributed by atoms with van der Waals surface area (Å²) in [6.07, 6.45) is 0. The molecule has 5 N–H and O–H groups in total. The molecule has 1 rings (SSSR count). The summed E-state index contributed by atoms with van der Waals surface area (Å²) in [5.41, 5.74) is 3.78. The van der Waals surface area contributed by atoms with Crippen LogP contribution in [0.3, 0.4) is 0 Å². The highest BCUT2D eigenvalue weighted by Crippen LogP contribution is 2.19. The maximum Gasteiger partial charge on any atom is 0.337 e. The zero-order valence-corrected chi connectivity index (χ0v) is 11.1. The van der Waals surface area contributed by atoms with Gasteiger partial charge in [0.05, 0.1) is 16.8 Å². The second-order valence-electron chi connectivity index (χ2n) is 5.01. The first kappa shape index (κ1) is 16.4. The molecule has 0 unspecified atom stereocenters. The molecule has 0 spiro atoms. The number of aromatic carboxylic acids is 1. The van der Waals surface area contributed by atoms with Gasteiger partial charge in [-0.3, -0.25) is 0 Å². The lowest BCUT2D eigenvalue weighted by Crippen LogP contribution is -2.44. The van der Waals surface area contributed by atoms with Gasteiger partial charge < -0.3 is 21.1 Å². The summed E-state index contributed by atoms with van der Waals surface area (Å²) in [6, 6.07) is 6.36. The molecule has 0 atom stereocenters. The van der Waals surface area contributed by atoms with Crippen molar-refractivity contribution in [2.75, 3.05) is 5.73 Å². The van der Waals surface area contributed by atoms with Crippen molar-refractivity contribution in [1.82, 2.24) is 0 Å². The van der Waals surface area contributed by atoms with Crippen molar-refractivity contribution in [1.29, 1.82) is 0 Å². The highest BCUT2D eigenvalue weighted by atomic mass is 16.4. The van der Waals surface area contributed by atoms with Crippen LogP contribution in [0.5, 0.6) is 0 Å². The van der Waals surface area contributed by atoms with Crippen molar-refractivity contribution >= 4 is 11.7 Å². The van der Waals surface area contributed by atoms with Crippen molar-refractivity contribution in [3.63, 3.8) is 0 Å². The number of benzene rings is 1. The number of nitrogens with two attached hydrogens (primary N) is 1. The Hall–Kier alpha value is -1.59. The monoisotopic (exact) mass is 255 g/mol. The lowest BCUT2D eigenvalue weighted by atomic mass is 9.90. The van der Waals surface area contributed by atoms with Gasteiger partial charge in [-0.25, -0.2) is 4.79 Å². The van der Waals surface area contributed by atoms with E-state index in [0.29, 0.717) is 5.69 Å². The van der Waals surface area contributed by atoms with E-state index in [1.54, 1.807) is 45.9 Å². The highest BCUT2D eigenvalue weighted by molar-refractivity contribution is 5.93. The number of rotatable bonds is 2. The van der Waals surface area contributed by atoms with E-state index in [1.165, 1.54) is 6.07 Å². The number of nitrogen functional groups attached to an aromatic ring is 1. The molecule has 0 bridgehead atoms. The van der Waals surface area contributed by atoms with Gasteiger partial charge in [0, 0.05) is 5.69 Å². The maximum absolute atomic E-state index is 10.3. The Morgan fingerprint density at radius 3 is 1.67 bits per heavy atom. The predicted octanol–water partition coefficient (Wildman–Crippen LogP) is 1.50. The number of anilines is 1. The Balaban J connectivity index is 0.000000331. The molecular formula is C13H21NO4. The molecule has 0 saturated carbocycles. The molecule has 0 aliphatic carbocycles. The summed E-state index contributed by atoms with van der Waals surface area (Å²) in [5, 5.41) is 26.7. The van der Waals surface area contributed by atoms with Crippen LogP contribution in [0.1, 0.15) is 38.1 Å². The Kier molecular flexibility index (Phi) is 5.32. The molecule has 0 saturated heterocycles. The molecule has 0 aliphatic heterocycles. The van der Waals surface area contributed by atoms with Gasteiger partial charge in [0.2, 0.25) is 0 Å². The fourth-order valence-electron chi connectivity index (χ4n) is 0.692. The molecule has 1 aromatic rings. The molecule has 0 aromatic heterocycles. The van der Waals surface area contributed by atoms with Gasteiger partial charge in [-0.1, -0.05) is 12.1 Å². The summed E-state index contributed by atoms with van der Waals surface area (Å²) in [5.74, 6) is -0.988. The largest absolute Gasteiger partial charge is 0.478 e. The molecule has 5 heteroatoms. The van der Waals surface area contributed by atoms with E-state index < -0.39 is 17.2 Å². The smallest absolute Gasteiger partial charge is 0.337 e. The van der Waals surface area contributed by atoms with Gasteiger partial charge in [-0.2, -0.15) is 0 Å². The van der Waals surface area contributed by atoms with E-state index in [0.717, 1.165) is 0 Å². The molecule has 102 valence electrons. The van der Waals surface area contributed by atoms with E-state index in [2.05, 4.69) is 0 Å². The average molecular weight is 255 g/mol. The van der Waals surface area contributed by atoms with E-state index in [4.69, 9.17) is 21.1 Å². The molecule has 18 heavy (non-hydrogen) atoms. The zero-order chi connectivity index (χ0) is 14.6. The lowest BCUT2D eigenvalue weighted by Gasteiger charge is -2.31.